The van der Waals surface area contributed by atoms with Gasteiger partial charge in [-0.25, -0.2) is 9.78 Å². The fourth-order valence-electron chi connectivity index (χ4n) is 4.43. The van der Waals surface area contributed by atoms with E-state index in [4.69, 9.17) is 5.73 Å². The van der Waals surface area contributed by atoms with Gasteiger partial charge < -0.3 is 5.73 Å². The van der Waals surface area contributed by atoms with Gasteiger partial charge in [0.05, 0.1) is 10.3 Å². The second-order valence-electron chi connectivity index (χ2n) is 9.63. The number of carbonyl (C=O) groups is 1. The van der Waals surface area contributed by atoms with Crippen molar-refractivity contribution in [2.45, 2.75) is 60.5 Å². The molecule has 3 aromatic rings. The minimum absolute atomic E-state index is 0.00969. The van der Waals surface area contributed by atoms with Crippen LogP contribution in [0.3, 0.4) is 0 Å². The summed E-state index contributed by atoms with van der Waals surface area (Å²) < 4.78 is 2.96. The van der Waals surface area contributed by atoms with Gasteiger partial charge in [-0.1, -0.05) is 27.7 Å². The molecule has 3 aromatic heterocycles. The Labute approximate surface area is 200 Å². The van der Waals surface area contributed by atoms with Crippen LogP contribution in [0.25, 0.3) is 10.2 Å². The zero-order chi connectivity index (χ0) is 24.9. The van der Waals surface area contributed by atoms with Crippen molar-refractivity contribution in [3.63, 3.8) is 0 Å². The van der Waals surface area contributed by atoms with Gasteiger partial charge in [-0.05, 0) is 30.7 Å². The lowest BCUT2D eigenvalue weighted by atomic mass is 10.1. The lowest BCUT2D eigenvalue weighted by Crippen LogP contribution is -2.43. The number of nitrogens with two attached hydrogens (primary N) is 1. The third kappa shape index (κ3) is 3.97. The Morgan fingerprint density at radius 3 is 2.56 bits per heavy atom. The maximum absolute atomic E-state index is 13.9. The maximum Gasteiger partial charge on any atom is 0.330 e. The number of fused-ring (bicyclic) bond motifs is 2. The van der Waals surface area contributed by atoms with E-state index < -0.39 is 17.2 Å². The number of H-pyrrole nitrogens is 1. The van der Waals surface area contributed by atoms with Gasteiger partial charge in [0.1, 0.15) is 16.5 Å². The standard InChI is InChI=1S/C23H30N6O4S/c1-11(2)9-28(16-18(24)29(10-12(3)4)23(33)26-19(16)30)22(32)17-13(5)15-20(34-17)25-14-7-6-8-27(14)21(15)31/h11-12H,6-10,24H2,1-5H3,(H,26,30,33). The molecule has 0 aliphatic carbocycles. The topological polar surface area (TPSA) is 136 Å². The number of nitrogens with one attached hydrogen (secondary N) is 1. The molecule has 0 saturated heterocycles. The fraction of sp³-hybridized carbons (Fsp3) is 0.522. The second-order valence-corrected chi connectivity index (χ2v) is 10.6. The van der Waals surface area contributed by atoms with Gasteiger partial charge in [-0.2, -0.15) is 0 Å². The third-order valence-corrected chi connectivity index (χ3v) is 7.10. The molecular weight excluding hydrogens is 456 g/mol. The number of aromatic amines is 1. The quantitative estimate of drug-likeness (QED) is 0.548. The molecule has 0 unspecified atom stereocenters. The summed E-state index contributed by atoms with van der Waals surface area (Å²) in [5.74, 6) is 0.352. The molecule has 10 nitrogen and oxygen atoms in total. The van der Waals surface area contributed by atoms with Crippen molar-refractivity contribution in [2.24, 2.45) is 11.8 Å². The summed E-state index contributed by atoms with van der Waals surface area (Å²) in [5, 5.41) is 0.440. The highest BCUT2D eigenvalue weighted by atomic mass is 32.1. The minimum Gasteiger partial charge on any atom is -0.383 e. The Kier molecular flexibility index (Phi) is 6.24. The van der Waals surface area contributed by atoms with E-state index in [9.17, 15) is 19.2 Å². The maximum atomic E-state index is 13.9. The highest BCUT2D eigenvalue weighted by Gasteiger charge is 2.30. The molecule has 0 radical (unpaired) electrons. The average Bonchev–Trinajstić information content (AvgIpc) is 3.34. The monoisotopic (exact) mass is 486 g/mol. The molecule has 0 aromatic carbocycles. The first kappa shape index (κ1) is 23.9. The van der Waals surface area contributed by atoms with Crippen LogP contribution in [-0.4, -0.2) is 31.6 Å². The van der Waals surface area contributed by atoms with Crippen LogP contribution < -0.4 is 27.4 Å². The number of nitrogens with zero attached hydrogens (tertiary/aromatic N) is 4. The molecule has 0 fully saturated rings. The highest BCUT2D eigenvalue weighted by Crippen LogP contribution is 2.31. The molecule has 1 amide bonds. The second kappa shape index (κ2) is 8.86. The fourth-order valence-corrected chi connectivity index (χ4v) is 5.57. The molecule has 182 valence electrons. The molecule has 4 heterocycles. The molecule has 0 bridgehead atoms. The van der Waals surface area contributed by atoms with Crippen molar-refractivity contribution in [1.29, 1.82) is 0 Å². The smallest absolute Gasteiger partial charge is 0.330 e. The van der Waals surface area contributed by atoms with Crippen LogP contribution in [-0.2, 0) is 19.5 Å². The SMILES string of the molecule is Cc1c(C(=O)N(CC(C)C)c2c(N)n(CC(C)C)c(=O)[nH]c2=O)sc2nc3n(c(=O)c12)CCC3. The molecule has 3 N–H and O–H groups in total. The molecule has 4 rings (SSSR count). The zero-order valence-corrected chi connectivity index (χ0v) is 20.9. The lowest BCUT2D eigenvalue weighted by Gasteiger charge is -2.26. The van der Waals surface area contributed by atoms with Gasteiger partial charge in [0.2, 0.25) is 0 Å². The van der Waals surface area contributed by atoms with Crippen molar-refractivity contribution in [1.82, 2.24) is 19.1 Å². The number of aryl methyl sites for hydroxylation is 2. The average molecular weight is 487 g/mol. The van der Waals surface area contributed by atoms with Crippen molar-refractivity contribution >= 4 is 39.0 Å². The van der Waals surface area contributed by atoms with E-state index in [0.717, 1.165) is 30.0 Å². The number of amides is 1. The van der Waals surface area contributed by atoms with Gasteiger partial charge in [0, 0.05) is 26.1 Å². The third-order valence-electron chi connectivity index (χ3n) is 5.93. The predicted octanol–water partition coefficient (Wildman–Crippen LogP) is 2.10. The molecule has 0 spiro atoms. The van der Waals surface area contributed by atoms with E-state index >= 15 is 0 Å². The summed E-state index contributed by atoms with van der Waals surface area (Å²) in [4.78, 5) is 61.4. The van der Waals surface area contributed by atoms with E-state index in [0.29, 0.717) is 33.7 Å². The Morgan fingerprint density at radius 2 is 1.91 bits per heavy atom. The van der Waals surface area contributed by atoms with Gasteiger partial charge in [-0.3, -0.25) is 33.4 Å². The Bertz CT molecular complexity index is 1460. The molecule has 1 aliphatic rings. The van der Waals surface area contributed by atoms with Crippen LogP contribution in [0.15, 0.2) is 14.4 Å². The van der Waals surface area contributed by atoms with Gasteiger partial charge >= 0.3 is 5.69 Å². The Balaban J connectivity index is 1.90. The minimum atomic E-state index is -0.715. The van der Waals surface area contributed by atoms with E-state index in [2.05, 4.69) is 9.97 Å². The van der Waals surface area contributed by atoms with Crippen LogP contribution in [0.4, 0.5) is 11.5 Å². The number of hydrogen-bond acceptors (Lipinski definition) is 7. The van der Waals surface area contributed by atoms with Gasteiger partial charge in [0.15, 0.2) is 5.69 Å². The first-order chi connectivity index (χ1) is 16.0. The molecule has 1 aliphatic heterocycles. The van der Waals surface area contributed by atoms with Crippen molar-refractivity contribution < 1.29 is 4.79 Å². The van der Waals surface area contributed by atoms with E-state index in [-0.39, 0.29) is 35.4 Å². The van der Waals surface area contributed by atoms with Crippen LogP contribution >= 0.6 is 11.3 Å². The summed E-state index contributed by atoms with van der Waals surface area (Å²) >= 11 is 1.15. The first-order valence-electron chi connectivity index (χ1n) is 11.5. The predicted molar refractivity (Wildman–Crippen MR) is 134 cm³/mol. The van der Waals surface area contributed by atoms with E-state index in [1.54, 1.807) is 11.5 Å². The number of aromatic nitrogens is 4. The highest BCUT2D eigenvalue weighted by molar-refractivity contribution is 7.20. The molecule has 34 heavy (non-hydrogen) atoms. The van der Waals surface area contributed by atoms with Crippen LogP contribution in [0, 0.1) is 18.8 Å². The summed E-state index contributed by atoms with van der Waals surface area (Å²) in [7, 11) is 0. The number of carbonyl (C=O) groups excluding carboxylic acids is 1. The number of anilines is 2. The lowest BCUT2D eigenvalue weighted by molar-refractivity contribution is 0.0987. The largest absolute Gasteiger partial charge is 0.383 e. The molecule has 0 saturated carbocycles. The van der Waals surface area contributed by atoms with Crippen LogP contribution in [0.2, 0.25) is 0 Å². The Morgan fingerprint density at radius 1 is 1.21 bits per heavy atom. The van der Waals surface area contributed by atoms with E-state index in [1.807, 2.05) is 27.7 Å². The number of hydrogen-bond donors (Lipinski definition) is 2. The zero-order valence-electron chi connectivity index (χ0n) is 20.1. The Hall–Kier alpha value is -3.21. The van der Waals surface area contributed by atoms with Gasteiger partial charge in [-0.15, -0.1) is 11.3 Å². The van der Waals surface area contributed by atoms with Crippen molar-refractivity contribution in [2.75, 3.05) is 17.2 Å². The molecule has 0 atom stereocenters. The number of rotatable bonds is 6. The first-order valence-corrected chi connectivity index (χ1v) is 12.3. The molecular formula is C23H30N6O4S. The summed E-state index contributed by atoms with van der Waals surface area (Å²) in [5.41, 5.74) is 5.35. The summed E-state index contributed by atoms with van der Waals surface area (Å²) in [6.07, 6.45) is 1.61. The van der Waals surface area contributed by atoms with Gasteiger partial charge in [0.25, 0.3) is 17.0 Å². The summed E-state index contributed by atoms with van der Waals surface area (Å²) in [6, 6.07) is 0. The number of thiophene rings is 1. The van der Waals surface area contributed by atoms with Crippen molar-refractivity contribution in [3.05, 3.63) is 47.5 Å². The van der Waals surface area contributed by atoms with E-state index in [1.165, 1.54) is 9.47 Å². The van der Waals surface area contributed by atoms with Crippen molar-refractivity contribution in [3.8, 4) is 0 Å². The normalized spacial score (nSPS) is 13.3. The number of nitrogen functional groups attached to an aromatic ring is 1. The van der Waals surface area contributed by atoms with Crippen LogP contribution in [0.1, 0.15) is 55.2 Å². The van der Waals surface area contributed by atoms with Crippen LogP contribution in [0.5, 0.6) is 0 Å². The molecule has 11 heteroatoms. The summed E-state index contributed by atoms with van der Waals surface area (Å²) in [6.45, 7) is 10.6.